The molecule has 0 bridgehead atoms. The summed E-state index contributed by atoms with van der Waals surface area (Å²) < 4.78 is 20.1. The second-order valence-corrected chi connectivity index (χ2v) is 9.93. The number of benzene rings is 1. The highest BCUT2D eigenvalue weighted by Crippen LogP contribution is 2.37. The standard InChI is InChI=1S/C25H34FN3O2/c1-15-9-17(3)29(18(10-15)12-25(4,5)14-27)22(30)11-16(2)19-13-28-20-7-8-21(31-6)24(26)23(19)20/h7-8,13,15-18,28H,9-12H2,1-6H3. The molecule has 1 aromatic heterocycles. The molecule has 6 heteroatoms. The minimum absolute atomic E-state index is 0.0490. The highest BCUT2D eigenvalue weighted by Gasteiger charge is 2.38. The van der Waals surface area contributed by atoms with E-state index in [2.05, 4.69) is 24.9 Å². The summed E-state index contributed by atoms with van der Waals surface area (Å²) in [7, 11) is 1.45. The summed E-state index contributed by atoms with van der Waals surface area (Å²) in [5.74, 6) is 0.238. The SMILES string of the molecule is COc1ccc2[nH]cc(C(C)CC(=O)N3C(C)CC(C)CC3CC(C)(C)C#N)c2c1F. The van der Waals surface area contributed by atoms with Crippen molar-refractivity contribution in [1.29, 1.82) is 5.26 Å². The van der Waals surface area contributed by atoms with Gasteiger partial charge in [-0.25, -0.2) is 4.39 Å². The van der Waals surface area contributed by atoms with Crippen molar-refractivity contribution in [2.24, 2.45) is 11.3 Å². The molecule has 3 rings (SSSR count). The van der Waals surface area contributed by atoms with Crippen LogP contribution in [0.4, 0.5) is 4.39 Å². The van der Waals surface area contributed by atoms with Crippen molar-refractivity contribution in [2.45, 2.75) is 78.3 Å². The Labute approximate surface area is 184 Å². The molecule has 31 heavy (non-hydrogen) atoms. The van der Waals surface area contributed by atoms with Crippen molar-refractivity contribution in [3.05, 3.63) is 29.7 Å². The van der Waals surface area contributed by atoms with E-state index in [9.17, 15) is 14.4 Å². The molecule has 0 saturated carbocycles. The van der Waals surface area contributed by atoms with Gasteiger partial charge < -0.3 is 14.6 Å². The molecule has 1 N–H and O–H groups in total. The van der Waals surface area contributed by atoms with Gasteiger partial charge in [0.25, 0.3) is 0 Å². The van der Waals surface area contributed by atoms with Gasteiger partial charge in [-0.3, -0.25) is 4.79 Å². The van der Waals surface area contributed by atoms with Crippen molar-refractivity contribution in [3.63, 3.8) is 0 Å². The minimum atomic E-state index is -0.484. The minimum Gasteiger partial charge on any atom is -0.494 e. The number of H-pyrrole nitrogens is 1. The monoisotopic (exact) mass is 427 g/mol. The van der Waals surface area contributed by atoms with Crippen molar-refractivity contribution < 1.29 is 13.9 Å². The summed E-state index contributed by atoms with van der Waals surface area (Å²) in [6.45, 7) is 10.1. The molecule has 0 aliphatic carbocycles. The summed E-state index contributed by atoms with van der Waals surface area (Å²) in [6.07, 6.45) is 4.63. The number of aromatic nitrogens is 1. The number of hydrogen-bond acceptors (Lipinski definition) is 3. The molecule has 4 atom stereocenters. The lowest BCUT2D eigenvalue weighted by molar-refractivity contribution is -0.139. The first kappa shape index (κ1) is 23.1. The number of piperidine rings is 1. The van der Waals surface area contributed by atoms with Crippen molar-refractivity contribution >= 4 is 16.8 Å². The number of rotatable bonds is 6. The van der Waals surface area contributed by atoms with Gasteiger partial charge in [0.05, 0.1) is 18.6 Å². The van der Waals surface area contributed by atoms with E-state index in [4.69, 9.17) is 4.74 Å². The van der Waals surface area contributed by atoms with Crippen LogP contribution in [0.3, 0.4) is 0 Å². The van der Waals surface area contributed by atoms with E-state index >= 15 is 0 Å². The normalized spacial score (nSPS) is 22.9. The molecule has 1 aliphatic heterocycles. The lowest BCUT2D eigenvalue weighted by Gasteiger charge is -2.45. The molecule has 5 nitrogen and oxygen atoms in total. The largest absolute Gasteiger partial charge is 0.494 e. The third kappa shape index (κ3) is 4.71. The number of nitrogens with one attached hydrogen (secondary N) is 1. The first-order valence-corrected chi connectivity index (χ1v) is 11.1. The Morgan fingerprint density at radius 2 is 2.10 bits per heavy atom. The zero-order valence-corrected chi connectivity index (χ0v) is 19.5. The van der Waals surface area contributed by atoms with Crippen LogP contribution in [-0.4, -0.2) is 35.0 Å². The number of halogens is 1. The number of amides is 1. The quantitative estimate of drug-likeness (QED) is 0.637. The number of carbonyl (C=O) groups is 1. The number of methoxy groups -OCH3 is 1. The van der Waals surface area contributed by atoms with Gasteiger partial charge in [-0.05, 0) is 69.6 Å². The summed E-state index contributed by atoms with van der Waals surface area (Å²) in [6, 6.07) is 5.96. The number of nitriles is 1. The number of likely N-dealkylation sites (tertiary alicyclic amines) is 1. The Morgan fingerprint density at radius 3 is 2.74 bits per heavy atom. The van der Waals surface area contributed by atoms with Gasteiger partial charge >= 0.3 is 0 Å². The Hall–Kier alpha value is -2.55. The van der Waals surface area contributed by atoms with Crippen LogP contribution in [0.2, 0.25) is 0 Å². The highest BCUT2D eigenvalue weighted by atomic mass is 19.1. The van der Waals surface area contributed by atoms with Crippen LogP contribution in [0, 0.1) is 28.5 Å². The summed E-state index contributed by atoms with van der Waals surface area (Å²) in [5, 5.41) is 10.0. The summed E-state index contributed by atoms with van der Waals surface area (Å²) >= 11 is 0. The number of carbonyl (C=O) groups excluding carboxylic acids is 1. The average Bonchev–Trinajstić information content (AvgIpc) is 3.12. The van der Waals surface area contributed by atoms with E-state index in [0.717, 1.165) is 18.4 Å². The van der Waals surface area contributed by atoms with Gasteiger partial charge in [-0.15, -0.1) is 0 Å². The first-order valence-electron chi connectivity index (χ1n) is 11.1. The lowest BCUT2D eigenvalue weighted by Crippen LogP contribution is -2.52. The van der Waals surface area contributed by atoms with Gasteiger partial charge in [-0.2, -0.15) is 5.26 Å². The fourth-order valence-electron chi connectivity index (χ4n) is 5.21. The third-order valence-electron chi connectivity index (χ3n) is 6.63. The molecule has 1 saturated heterocycles. The molecule has 1 fully saturated rings. The fraction of sp³-hybridized carbons (Fsp3) is 0.600. The van der Waals surface area contributed by atoms with Crippen molar-refractivity contribution in [3.8, 4) is 11.8 Å². The predicted octanol–water partition coefficient (Wildman–Crippen LogP) is 5.76. The summed E-state index contributed by atoms with van der Waals surface area (Å²) in [5.41, 5.74) is 0.996. The van der Waals surface area contributed by atoms with Gasteiger partial charge in [0.1, 0.15) is 0 Å². The maximum atomic E-state index is 14.9. The topological polar surface area (TPSA) is 69.1 Å². The van der Waals surface area contributed by atoms with E-state index in [-0.39, 0.29) is 29.7 Å². The number of hydrogen-bond donors (Lipinski definition) is 1. The molecule has 0 spiro atoms. The van der Waals surface area contributed by atoms with Crippen LogP contribution in [0.25, 0.3) is 10.9 Å². The molecule has 4 unspecified atom stereocenters. The maximum absolute atomic E-state index is 14.9. The van der Waals surface area contributed by atoms with Crippen LogP contribution in [0.1, 0.15) is 71.8 Å². The Morgan fingerprint density at radius 1 is 1.39 bits per heavy atom. The van der Waals surface area contributed by atoms with Crippen LogP contribution in [0.15, 0.2) is 18.3 Å². The number of ether oxygens (including phenoxy) is 1. The lowest BCUT2D eigenvalue weighted by atomic mass is 9.79. The zero-order chi connectivity index (χ0) is 22.9. The van der Waals surface area contributed by atoms with E-state index in [1.165, 1.54) is 7.11 Å². The van der Waals surface area contributed by atoms with E-state index in [1.54, 1.807) is 18.3 Å². The smallest absolute Gasteiger partial charge is 0.223 e. The van der Waals surface area contributed by atoms with Crippen molar-refractivity contribution in [2.75, 3.05) is 7.11 Å². The third-order valence-corrected chi connectivity index (χ3v) is 6.63. The van der Waals surface area contributed by atoms with Crippen LogP contribution in [0.5, 0.6) is 5.75 Å². The molecular formula is C25H34FN3O2. The maximum Gasteiger partial charge on any atom is 0.223 e. The van der Waals surface area contributed by atoms with Gasteiger partial charge in [-0.1, -0.05) is 13.8 Å². The van der Waals surface area contributed by atoms with Crippen LogP contribution in [-0.2, 0) is 4.79 Å². The highest BCUT2D eigenvalue weighted by molar-refractivity contribution is 5.87. The second kappa shape index (κ2) is 8.90. The first-order chi connectivity index (χ1) is 14.6. The number of fused-ring (bicyclic) bond motifs is 1. The van der Waals surface area contributed by atoms with Crippen molar-refractivity contribution in [1.82, 2.24) is 9.88 Å². The molecule has 2 heterocycles. The number of nitrogens with zero attached hydrogens (tertiary/aromatic N) is 2. The van der Waals surface area contributed by atoms with Crippen LogP contribution < -0.4 is 4.74 Å². The summed E-state index contributed by atoms with van der Waals surface area (Å²) in [4.78, 5) is 18.6. The molecule has 168 valence electrons. The molecule has 1 amide bonds. The molecular weight excluding hydrogens is 393 g/mol. The number of aromatic amines is 1. The van der Waals surface area contributed by atoms with Gasteiger partial charge in [0.2, 0.25) is 5.91 Å². The van der Waals surface area contributed by atoms with Crippen LogP contribution >= 0.6 is 0 Å². The molecule has 1 aliphatic rings. The second-order valence-electron chi connectivity index (χ2n) is 9.93. The van der Waals surface area contributed by atoms with Gasteiger partial charge in [0, 0.05) is 35.6 Å². The molecule has 2 aromatic rings. The zero-order valence-electron chi connectivity index (χ0n) is 19.5. The van der Waals surface area contributed by atoms with E-state index in [0.29, 0.717) is 29.7 Å². The molecule has 1 aromatic carbocycles. The predicted molar refractivity (Wildman–Crippen MR) is 120 cm³/mol. The Kier molecular flexibility index (Phi) is 6.64. The Bertz CT molecular complexity index is 991. The van der Waals surface area contributed by atoms with Gasteiger partial charge in [0.15, 0.2) is 11.6 Å². The fourth-order valence-corrected chi connectivity index (χ4v) is 5.21. The molecule has 0 radical (unpaired) electrons. The average molecular weight is 428 g/mol. The van der Waals surface area contributed by atoms with E-state index < -0.39 is 11.2 Å². The van der Waals surface area contributed by atoms with E-state index in [1.807, 2.05) is 25.7 Å². The Balaban J connectivity index is 1.85.